The first-order valence-electron chi connectivity index (χ1n) is 7.76. The van der Waals surface area contributed by atoms with Crippen molar-refractivity contribution in [3.63, 3.8) is 0 Å². The number of nitrogens with zero attached hydrogens (tertiary/aromatic N) is 2. The van der Waals surface area contributed by atoms with E-state index < -0.39 is 0 Å². The lowest BCUT2D eigenvalue weighted by Gasteiger charge is -2.28. The molecule has 1 saturated carbocycles. The Bertz CT molecular complexity index is 428. The van der Waals surface area contributed by atoms with Gasteiger partial charge in [0.2, 0.25) is 0 Å². The second-order valence-corrected chi connectivity index (χ2v) is 6.29. The van der Waals surface area contributed by atoms with Gasteiger partial charge in [0.25, 0.3) is 0 Å². The quantitative estimate of drug-likeness (QED) is 0.894. The fourth-order valence-corrected chi connectivity index (χ4v) is 3.14. The van der Waals surface area contributed by atoms with Crippen molar-refractivity contribution in [2.45, 2.75) is 58.5 Å². The van der Waals surface area contributed by atoms with Crippen molar-refractivity contribution in [1.29, 1.82) is 0 Å². The summed E-state index contributed by atoms with van der Waals surface area (Å²) in [6.45, 7) is 4.37. The molecule has 4 nitrogen and oxygen atoms in total. The van der Waals surface area contributed by atoms with Crippen molar-refractivity contribution in [2.75, 3.05) is 12.8 Å². The number of rotatable bonds is 5. The molecule has 0 saturated heterocycles. The minimum Gasteiger partial charge on any atom is -0.384 e. The van der Waals surface area contributed by atoms with Crippen molar-refractivity contribution in [1.82, 2.24) is 9.97 Å². The van der Waals surface area contributed by atoms with Gasteiger partial charge >= 0.3 is 0 Å². The topological polar surface area (TPSA) is 61.0 Å². The van der Waals surface area contributed by atoms with Crippen LogP contribution in [0.2, 0.25) is 0 Å². The Hall–Kier alpha value is -1.16. The number of nitrogen functional groups attached to an aromatic ring is 1. The molecule has 1 unspecified atom stereocenters. The van der Waals surface area contributed by atoms with E-state index in [4.69, 9.17) is 15.5 Å². The van der Waals surface area contributed by atoms with Crippen molar-refractivity contribution in [3.8, 4) is 0 Å². The smallest absolute Gasteiger partial charge is 0.159 e. The van der Waals surface area contributed by atoms with Crippen molar-refractivity contribution < 1.29 is 4.74 Å². The molecule has 1 atom stereocenters. The van der Waals surface area contributed by atoms with Gasteiger partial charge in [-0.3, -0.25) is 0 Å². The van der Waals surface area contributed by atoms with Gasteiger partial charge in [0.05, 0.1) is 0 Å². The molecule has 4 heteroatoms. The Balaban J connectivity index is 2.21. The molecule has 0 radical (unpaired) electrons. The van der Waals surface area contributed by atoms with Gasteiger partial charge in [0.15, 0.2) is 5.82 Å². The molecule has 2 rings (SSSR count). The van der Waals surface area contributed by atoms with Crippen molar-refractivity contribution >= 4 is 5.82 Å². The summed E-state index contributed by atoms with van der Waals surface area (Å²) in [6, 6.07) is 1.89. The SMILES string of the molecule is COC(c1nc(N)cc(CC(C)C)n1)C1CCCCC1. The summed E-state index contributed by atoms with van der Waals surface area (Å²) in [5.74, 6) is 2.42. The Morgan fingerprint density at radius 3 is 2.55 bits per heavy atom. The molecule has 0 spiro atoms. The van der Waals surface area contributed by atoms with Crippen LogP contribution in [0.25, 0.3) is 0 Å². The molecule has 0 bridgehead atoms. The van der Waals surface area contributed by atoms with Crippen LogP contribution in [0.1, 0.15) is 63.6 Å². The van der Waals surface area contributed by atoms with E-state index >= 15 is 0 Å². The van der Waals surface area contributed by atoms with Crippen LogP contribution in [0.15, 0.2) is 6.07 Å². The number of anilines is 1. The molecule has 0 aromatic carbocycles. The summed E-state index contributed by atoms with van der Waals surface area (Å²) < 4.78 is 5.71. The number of ether oxygens (including phenoxy) is 1. The monoisotopic (exact) mass is 277 g/mol. The van der Waals surface area contributed by atoms with Gasteiger partial charge < -0.3 is 10.5 Å². The van der Waals surface area contributed by atoms with Gasteiger partial charge in [-0.25, -0.2) is 9.97 Å². The highest BCUT2D eigenvalue weighted by atomic mass is 16.5. The largest absolute Gasteiger partial charge is 0.384 e. The average Bonchev–Trinajstić information content (AvgIpc) is 2.39. The van der Waals surface area contributed by atoms with Crippen LogP contribution in [0.3, 0.4) is 0 Å². The molecular weight excluding hydrogens is 250 g/mol. The Morgan fingerprint density at radius 1 is 1.25 bits per heavy atom. The molecule has 1 fully saturated rings. The molecule has 1 aliphatic carbocycles. The second-order valence-electron chi connectivity index (χ2n) is 6.29. The number of methoxy groups -OCH3 is 1. The summed E-state index contributed by atoms with van der Waals surface area (Å²) >= 11 is 0. The van der Waals surface area contributed by atoms with Crippen LogP contribution >= 0.6 is 0 Å². The highest BCUT2D eigenvalue weighted by Gasteiger charge is 2.27. The maximum atomic E-state index is 5.95. The van der Waals surface area contributed by atoms with Crippen LogP contribution in [0, 0.1) is 11.8 Å². The predicted octanol–water partition coefficient (Wildman–Crippen LogP) is 3.53. The zero-order valence-electron chi connectivity index (χ0n) is 12.9. The third-order valence-electron chi connectivity index (χ3n) is 4.02. The first-order valence-corrected chi connectivity index (χ1v) is 7.76. The molecule has 112 valence electrons. The fourth-order valence-electron chi connectivity index (χ4n) is 3.14. The zero-order valence-corrected chi connectivity index (χ0v) is 12.9. The van der Waals surface area contributed by atoms with Gasteiger partial charge in [0.1, 0.15) is 11.9 Å². The van der Waals surface area contributed by atoms with E-state index in [0.29, 0.717) is 17.7 Å². The van der Waals surface area contributed by atoms with Crippen molar-refractivity contribution in [3.05, 3.63) is 17.6 Å². The predicted molar refractivity (Wildman–Crippen MR) is 81.3 cm³/mol. The van der Waals surface area contributed by atoms with E-state index in [0.717, 1.165) is 17.9 Å². The molecule has 1 aliphatic rings. The van der Waals surface area contributed by atoms with Gasteiger partial charge in [-0.1, -0.05) is 33.1 Å². The third-order valence-corrected chi connectivity index (χ3v) is 4.02. The van der Waals surface area contributed by atoms with E-state index in [1.165, 1.54) is 32.1 Å². The van der Waals surface area contributed by atoms with E-state index in [1.54, 1.807) is 7.11 Å². The van der Waals surface area contributed by atoms with E-state index in [2.05, 4.69) is 18.8 Å². The number of aromatic nitrogens is 2. The molecule has 20 heavy (non-hydrogen) atoms. The Labute approximate surface area is 122 Å². The minimum absolute atomic E-state index is 0.00953. The number of hydrogen-bond acceptors (Lipinski definition) is 4. The molecule has 0 amide bonds. The van der Waals surface area contributed by atoms with E-state index in [9.17, 15) is 0 Å². The second kappa shape index (κ2) is 7.02. The van der Waals surface area contributed by atoms with E-state index in [-0.39, 0.29) is 6.10 Å². The summed E-state index contributed by atoms with van der Waals surface area (Å²) in [6.07, 6.45) is 7.23. The van der Waals surface area contributed by atoms with Crippen LogP contribution in [0.5, 0.6) is 0 Å². The summed E-state index contributed by atoms with van der Waals surface area (Å²) in [5.41, 5.74) is 6.98. The zero-order chi connectivity index (χ0) is 14.5. The molecular formula is C16H27N3O. The fraction of sp³-hybridized carbons (Fsp3) is 0.750. The number of nitrogens with two attached hydrogens (primary N) is 1. The molecule has 2 N–H and O–H groups in total. The van der Waals surface area contributed by atoms with Crippen LogP contribution in [-0.4, -0.2) is 17.1 Å². The van der Waals surface area contributed by atoms with Gasteiger partial charge in [-0.2, -0.15) is 0 Å². The average molecular weight is 277 g/mol. The molecule has 1 heterocycles. The van der Waals surface area contributed by atoms with Gasteiger partial charge in [0, 0.05) is 18.9 Å². The first-order chi connectivity index (χ1) is 9.60. The summed E-state index contributed by atoms with van der Waals surface area (Å²) in [7, 11) is 1.76. The maximum absolute atomic E-state index is 5.95. The third kappa shape index (κ3) is 3.92. The van der Waals surface area contributed by atoms with Gasteiger partial charge in [-0.15, -0.1) is 0 Å². The summed E-state index contributed by atoms with van der Waals surface area (Å²) in [5, 5.41) is 0. The lowest BCUT2D eigenvalue weighted by molar-refractivity contribution is 0.0288. The van der Waals surface area contributed by atoms with Gasteiger partial charge in [-0.05, 0) is 31.1 Å². The maximum Gasteiger partial charge on any atom is 0.159 e. The van der Waals surface area contributed by atoms with Crippen molar-refractivity contribution in [2.24, 2.45) is 11.8 Å². The standard InChI is InChI=1S/C16H27N3O/c1-11(2)9-13-10-14(17)19-16(18-13)15(20-3)12-7-5-4-6-8-12/h10-12,15H,4-9H2,1-3H3,(H2,17,18,19). The van der Waals surface area contributed by atoms with E-state index in [1.807, 2.05) is 6.07 Å². The normalized spacial score (nSPS) is 18.4. The lowest BCUT2D eigenvalue weighted by atomic mass is 9.85. The highest BCUT2D eigenvalue weighted by Crippen LogP contribution is 2.35. The van der Waals surface area contributed by atoms with Crippen LogP contribution < -0.4 is 5.73 Å². The highest BCUT2D eigenvalue weighted by molar-refractivity contribution is 5.30. The summed E-state index contributed by atoms with van der Waals surface area (Å²) in [4.78, 5) is 9.13. The molecule has 0 aliphatic heterocycles. The molecule has 1 aromatic heterocycles. The molecule has 1 aromatic rings. The Kier molecular flexibility index (Phi) is 5.35. The Morgan fingerprint density at radius 2 is 1.95 bits per heavy atom. The number of hydrogen-bond donors (Lipinski definition) is 1. The first kappa shape index (κ1) is 15.2. The minimum atomic E-state index is -0.00953. The van der Waals surface area contributed by atoms with Crippen LogP contribution in [0.4, 0.5) is 5.82 Å². The van der Waals surface area contributed by atoms with Crippen LogP contribution in [-0.2, 0) is 11.2 Å². The lowest BCUT2D eigenvalue weighted by Crippen LogP contribution is -2.21.